The summed E-state index contributed by atoms with van der Waals surface area (Å²) in [6.07, 6.45) is 0. The number of carbonyl (C=O) groups is 3. The Morgan fingerprint density at radius 1 is 0.974 bits per heavy atom. The monoisotopic (exact) mass is 535 g/mol. The zero-order valence-electron chi connectivity index (χ0n) is 21.1. The molecule has 38 heavy (non-hydrogen) atoms. The van der Waals surface area contributed by atoms with E-state index in [4.69, 9.17) is 25.8 Å². The van der Waals surface area contributed by atoms with E-state index in [1.54, 1.807) is 61.5 Å². The van der Waals surface area contributed by atoms with Crippen molar-refractivity contribution in [2.24, 2.45) is 0 Å². The van der Waals surface area contributed by atoms with E-state index in [1.807, 2.05) is 6.92 Å². The molecular weight excluding hydrogens is 510 g/mol. The van der Waals surface area contributed by atoms with Gasteiger partial charge in [0.1, 0.15) is 17.3 Å². The molecule has 196 valence electrons. The molecule has 0 aliphatic carbocycles. The fourth-order valence-electron chi connectivity index (χ4n) is 4.28. The molecule has 4 rings (SSSR count). The maximum Gasteiger partial charge on any atom is 0.338 e. The molecular formula is C29H26ClNO7. The highest BCUT2D eigenvalue weighted by Gasteiger charge is 2.47. The van der Waals surface area contributed by atoms with Crippen LogP contribution in [-0.4, -0.2) is 43.1 Å². The Labute approximate surface area is 225 Å². The molecule has 0 radical (unpaired) electrons. The van der Waals surface area contributed by atoms with Crippen molar-refractivity contribution in [1.82, 2.24) is 0 Å². The molecule has 0 saturated carbocycles. The van der Waals surface area contributed by atoms with Crippen LogP contribution >= 0.6 is 11.6 Å². The third-order valence-electron chi connectivity index (χ3n) is 6.02. The van der Waals surface area contributed by atoms with Crippen molar-refractivity contribution in [3.8, 4) is 11.5 Å². The molecule has 1 atom stereocenters. The van der Waals surface area contributed by atoms with Crippen molar-refractivity contribution in [3.63, 3.8) is 0 Å². The quantitative estimate of drug-likeness (QED) is 0.174. The lowest BCUT2D eigenvalue weighted by Crippen LogP contribution is -2.29. The smallest absolute Gasteiger partial charge is 0.338 e. The minimum atomic E-state index is -1.02. The number of ether oxygens (including phenoxy) is 3. The Morgan fingerprint density at radius 2 is 1.68 bits per heavy atom. The molecule has 1 heterocycles. The lowest BCUT2D eigenvalue weighted by molar-refractivity contribution is -0.132. The minimum Gasteiger partial charge on any atom is -0.507 e. The molecule has 3 aromatic rings. The number of nitrogens with zero attached hydrogens (tertiary/aromatic N) is 1. The number of aliphatic hydroxyl groups is 1. The molecule has 0 aromatic heterocycles. The van der Waals surface area contributed by atoms with Crippen molar-refractivity contribution < 1.29 is 33.7 Å². The maximum atomic E-state index is 13.5. The predicted molar refractivity (Wildman–Crippen MR) is 143 cm³/mol. The van der Waals surface area contributed by atoms with Gasteiger partial charge in [0.25, 0.3) is 11.7 Å². The van der Waals surface area contributed by atoms with Crippen LogP contribution in [0.25, 0.3) is 5.76 Å². The van der Waals surface area contributed by atoms with Crippen LogP contribution in [0.5, 0.6) is 11.5 Å². The number of Topliss-reactive ketones (excluding diaryl/α,β-unsaturated/α-hetero) is 1. The molecule has 3 aromatic carbocycles. The van der Waals surface area contributed by atoms with E-state index in [1.165, 1.54) is 24.1 Å². The number of carbonyl (C=O) groups excluding carboxylic acids is 3. The highest BCUT2D eigenvalue weighted by atomic mass is 35.5. The zero-order valence-corrected chi connectivity index (χ0v) is 21.8. The maximum absolute atomic E-state index is 13.5. The van der Waals surface area contributed by atoms with Crippen LogP contribution in [0, 0.1) is 0 Å². The number of hydrogen-bond donors (Lipinski definition) is 1. The van der Waals surface area contributed by atoms with Crippen molar-refractivity contribution in [2.45, 2.75) is 19.9 Å². The SMILES string of the molecule is CCOC(=O)c1cccc(N2C(=O)C(=O)/C(=C(/O)c3cc(OCC)ccc3Cl)C2c2ccc(OC)cc2)c1. The predicted octanol–water partition coefficient (Wildman–Crippen LogP) is 5.55. The molecule has 9 heteroatoms. The first kappa shape index (κ1) is 26.8. The second-order valence-electron chi connectivity index (χ2n) is 8.29. The number of hydrogen-bond acceptors (Lipinski definition) is 7. The van der Waals surface area contributed by atoms with Gasteiger partial charge in [0.15, 0.2) is 0 Å². The van der Waals surface area contributed by atoms with Gasteiger partial charge in [-0.05, 0) is 67.9 Å². The van der Waals surface area contributed by atoms with Gasteiger partial charge in [0, 0.05) is 11.3 Å². The summed E-state index contributed by atoms with van der Waals surface area (Å²) in [6.45, 7) is 4.07. The second kappa shape index (κ2) is 11.4. The van der Waals surface area contributed by atoms with Gasteiger partial charge < -0.3 is 19.3 Å². The topological polar surface area (TPSA) is 102 Å². The molecule has 1 aliphatic rings. The standard InChI is InChI=1S/C29H26ClNO7/c1-4-37-21-13-14-23(30)22(16-21)26(32)24-25(17-9-11-20(36-3)12-10-17)31(28(34)27(24)33)19-8-6-7-18(15-19)29(35)38-5-2/h6-16,25,32H,4-5H2,1-3H3/b26-24+. The molecule has 1 N–H and O–H groups in total. The van der Waals surface area contributed by atoms with Crippen molar-refractivity contribution in [2.75, 3.05) is 25.2 Å². The molecule has 1 amide bonds. The van der Waals surface area contributed by atoms with Gasteiger partial charge in [-0.25, -0.2) is 4.79 Å². The minimum absolute atomic E-state index is 0.148. The summed E-state index contributed by atoms with van der Waals surface area (Å²) in [6, 6.07) is 16.7. The van der Waals surface area contributed by atoms with Gasteiger partial charge in [-0.3, -0.25) is 14.5 Å². The number of anilines is 1. The molecule has 1 saturated heterocycles. The molecule has 1 fully saturated rings. The number of methoxy groups -OCH3 is 1. The Morgan fingerprint density at radius 3 is 2.34 bits per heavy atom. The van der Waals surface area contributed by atoms with E-state index in [-0.39, 0.29) is 34.0 Å². The van der Waals surface area contributed by atoms with Gasteiger partial charge >= 0.3 is 5.97 Å². The average molecular weight is 536 g/mol. The Kier molecular flexibility index (Phi) is 8.02. The summed E-state index contributed by atoms with van der Waals surface area (Å²) in [5, 5.41) is 11.6. The van der Waals surface area contributed by atoms with Crippen LogP contribution in [0.3, 0.4) is 0 Å². The van der Waals surface area contributed by atoms with Crippen LogP contribution in [0.2, 0.25) is 5.02 Å². The number of ketones is 1. The number of amides is 1. The van der Waals surface area contributed by atoms with Gasteiger partial charge in [0.2, 0.25) is 0 Å². The number of rotatable bonds is 8. The van der Waals surface area contributed by atoms with Crippen LogP contribution in [0.4, 0.5) is 5.69 Å². The summed E-state index contributed by atoms with van der Waals surface area (Å²) in [5.74, 6) is -1.77. The number of halogens is 1. The Hall–Kier alpha value is -4.30. The Bertz CT molecular complexity index is 1410. The van der Waals surface area contributed by atoms with Gasteiger partial charge in [-0.2, -0.15) is 0 Å². The number of benzene rings is 3. The molecule has 8 nitrogen and oxygen atoms in total. The van der Waals surface area contributed by atoms with E-state index >= 15 is 0 Å². The lowest BCUT2D eigenvalue weighted by atomic mass is 9.95. The highest BCUT2D eigenvalue weighted by molar-refractivity contribution is 6.52. The molecule has 0 bridgehead atoms. The molecule has 0 spiro atoms. The van der Waals surface area contributed by atoms with E-state index in [0.717, 1.165) is 0 Å². The van der Waals surface area contributed by atoms with E-state index in [9.17, 15) is 19.5 Å². The largest absolute Gasteiger partial charge is 0.507 e. The molecule has 1 aliphatic heterocycles. The van der Waals surface area contributed by atoms with E-state index in [2.05, 4.69) is 0 Å². The second-order valence-corrected chi connectivity index (χ2v) is 8.69. The van der Waals surface area contributed by atoms with Crippen LogP contribution in [0.1, 0.15) is 41.4 Å². The molecule has 1 unspecified atom stereocenters. The van der Waals surface area contributed by atoms with Crippen LogP contribution in [-0.2, 0) is 14.3 Å². The average Bonchev–Trinajstić information content (AvgIpc) is 3.19. The van der Waals surface area contributed by atoms with Crippen molar-refractivity contribution in [1.29, 1.82) is 0 Å². The number of aliphatic hydroxyl groups excluding tert-OH is 1. The third kappa shape index (κ3) is 5.08. The number of esters is 1. The van der Waals surface area contributed by atoms with E-state index in [0.29, 0.717) is 23.7 Å². The van der Waals surface area contributed by atoms with Crippen molar-refractivity contribution in [3.05, 3.63) is 94.0 Å². The third-order valence-corrected chi connectivity index (χ3v) is 6.34. The summed E-state index contributed by atoms with van der Waals surface area (Å²) in [4.78, 5) is 40.5. The summed E-state index contributed by atoms with van der Waals surface area (Å²) < 4.78 is 15.9. The fraction of sp³-hybridized carbons (Fsp3) is 0.207. The van der Waals surface area contributed by atoms with Gasteiger partial charge in [-0.1, -0.05) is 29.8 Å². The van der Waals surface area contributed by atoms with Crippen molar-refractivity contribution >= 4 is 40.7 Å². The summed E-state index contributed by atoms with van der Waals surface area (Å²) in [7, 11) is 1.52. The van der Waals surface area contributed by atoms with Gasteiger partial charge in [0.05, 0.1) is 42.5 Å². The van der Waals surface area contributed by atoms with Gasteiger partial charge in [-0.15, -0.1) is 0 Å². The first-order valence-corrected chi connectivity index (χ1v) is 12.3. The first-order chi connectivity index (χ1) is 18.3. The fourth-order valence-corrected chi connectivity index (χ4v) is 4.49. The summed E-state index contributed by atoms with van der Waals surface area (Å²) >= 11 is 6.40. The Balaban J connectivity index is 1.93. The highest BCUT2D eigenvalue weighted by Crippen LogP contribution is 2.43. The first-order valence-electron chi connectivity index (χ1n) is 12.0. The van der Waals surface area contributed by atoms with Crippen LogP contribution in [0.15, 0.2) is 72.3 Å². The lowest BCUT2D eigenvalue weighted by Gasteiger charge is -2.26. The zero-order chi connectivity index (χ0) is 27.4. The van der Waals surface area contributed by atoms with Crippen LogP contribution < -0.4 is 14.4 Å². The summed E-state index contributed by atoms with van der Waals surface area (Å²) in [5.41, 5.74) is 1.02. The van der Waals surface area contributed by atoms with E-state index < -0.39 is 29.5 Å². The normalized spacial score (nSPS) is 16.4.